The zero-order valence-electron chi connectivity index (χ0n) is 12.3. The van der Waals surface area contributed by atoms with Crippen LogP contribution in [-0.2, 0) is 0 Å². The Balaban J connectivity index is 1.76. The van der Waals surface area contributed by atoms with Gasteiger partial charge in [-0.15, -0.1) is 0 Å². The van der Waals surface area contributed by atoms with Crippen molar-refractivity contribution in [3.63, 3.8) is 0 Å². The summed E-state index contributed by atoms with van der Waals surface area (Å²) < 4.78 is 6.11. The van der Waals surface area contributed by atoms with E-state index in [0.29, 0.717) is 18.5 Å². The SMILES string of the molecule is CC1CC(C)N(C(CN)c2ccc(C3CC3C)o2)C1. The molecule has 0 bridgehead atoms. The lowest BCUT2D eigenvalue weighted by atomic mass is 10.1. The average molecular weight is 262 g/mol. The molecule has 2 heterocycles. The van der Waals surface area contributed by atoms with E-state index in [-0.39, 0.29) is 6.04 Å². The fourth-order valence-corrected chi connectivity index (χ4v) is 3.65. The molecular formula is C16H26N2O. The Morgan fingerprint density at radius 2 is 2.05 bits per heavy atom. The second-order valence-electron chi connectivity index (χ2n) is 6.70. The van der Waals surface area contributed by atoms with Crippen LogP contribution in [0.5, 0.6) is 0 Å². The number of rotatable bonds is 4. The molecule has 3 heteroatoms. The van der Waals surface area contributed by atoms with Crippen LogP contribution in [0, 0.1) is 11.8 Å². The number of hydrogen-bond acceptors (Lipinski definition) is 3. The molecule has 0 radical (unpaired) electrons. The molecule has 1 aromatic rings. The molecule has 0 spiro atoms. The van der Waals surface area contributed by atoms with Crippen LogP contribution in [0.1, 0.15) is 57.1 Å². The molecular weight excluding hydrogens is 236 g/mol. The van der Waals surface area contributed by atoms with Crippen molar-refractivity contribution in [2.45, 2.75) is 51.6 Å². The van der Waals surface area contributed by atoms with E-state index in [9.17, 15) is 0 Å². The highest BCUT2D eigenvalue weighted by Crippen LogP contribution is 2.48. The highest BCUT2D eigenvalue weighted by atomic mass is 16.3. The fraction of sp³-hybridized carbons (Fsp3) is 0.750. The van der Waals surface area contributed by atoms with E-state index >= 15 is 0 Å². The van der Waals surface area contributed by atoms with Gasteiger partial charge in [0.25, 0.3) is 0 Å². The van der Waals surface area contributed by atoms with Gasteiger partial charge >= 0.3 is 0 Å². The van der Waals surface area contributed by atoms with E-state index < -0.39 is 0 Å². The van der Waals surface area contributed by atoms with Gasteiger partial charge in [-0.05, 0) is 43.7 Å². The quantitative estimate of drug-likeness (QED) is 0.906. The number of furan rings is 1. The van der Waals surface area contributed by atoms with Crippen LogP contribution in [0.25, 0.3) is 0 Å². The molecule has 5 unspecified atom stereocenters. The maximum absolute atomic E-state index is 6.11. The molecule has 1 aromatic heterocycles. The van der Waals surface area contributed by atoms with Crippen molar-refractivity contribution in [3.8, 4) is 0 Å². The molecule has 0 aromatic carbocycles. The van der Waals surface area contributed by atoms with Crippen LogP contribution in [-0.4, -0.2) is 24.0 Å². The molecule has 2 N–H and O–H groups in total. The third-order valence-corrected chi connectivity index (χ3v) is 4.91. The van der Waals surface area contributed by atoms with E-state index in [2.05, 4.69) is 37.8 Å². The van der Waals surface area contributed by atoms with Gasteiger partial charge in [0, 0.05) is 25.0 Å². The molecule has 106 valence electrons. The molecule has 2 aliphatic rings. The van der Waals surface area contributed by atoms with Crippen molar-refractivity contribution in [2.75, 3.05) is 13.1 Å². The third kappa shape index (κ3) is 2.46. The molecule has 5 atom stereocenters. The lowest BCUT2D eigenvalue weighted by Crippen LogP contribution is -2.36. The standard InChI is InChI=1S/C16H26N2O/c1-10-6-12(3)18(9-10)14(8-17)16-5-4-15(19-16)13-7-11(13)2/h4-5,10-14H,6-9,17H2,1-3H3. The van der Waals surface area contributed by atoms with Gasteiger partial charge in [0.15, 0.2) is 0 Å². The number of hydrogen-bond donors (Lipinski definition) is 1. The van der Waals surface area contributed by atoms with Crippen molar-refractivity contribution in [1.29, 1.82) is 0 Å². The smallest absolute Gasteiger partial charge is 0.122 e. The minimum absolute atomic E-state index is 0.253. The summed E-state index contributed by atoms with van der Waals surface area (Å²) in [6, 6.07) is 5.17. The lowest BCUT2D eigenvalue weighted by molar-refractivity contribution is 0.168. The van der Waals surface area contributed by atoms with Gasteiger partial charge in [0.2, 0.25) is 0 Å². The summed E-state index contributed by atoms with van der Waals surface area (Å²) in [7, 11) is 0. The van der Waals surface area contributed by atoms with E-state index in [4.69, 9.17) is 10.2 Å². The second kappa shape index (κ2) is 4.95. The maximum Gasteiger partial charge on any atom is 0.122 e. The predicted octanol–water partition coefficient (Wildman–Crippen LogP) is 3.13. The normalized spacial score (nSPS) is 36.6. The van der Waals surface area contributed by atoms with E-state index in [1.165, 1.54) is 18.6 Å². The highest BCUT2D eigenvalue weighted by molar-refractivity contribution is 5.20. The average Bonchev–Trinajstić information content (AvgIpc) is 2.78. The van der Waals surface area contributed by atoms with Crippen LogP contribution in [0.15, 0.2) is 16.5 Å². The Morgan fingerprint density at radius 1 is 1.32 bits per heavy atom. The minimum Gasteiger partial charge on any atom is -0.464 e. The molecule has 2 fully saturated rings. The van der Waals surface area contributed by atoms with Gasteiger partial charge < -0.3 is 10.2 Å². The van der Waals surface area contributed by atoms with Crippen LogP contribution >= 0.6 is 0 Å². The minimum atomic E-state index is 0.253. The summed E-state index contributed by atoms with van der Waals surface area (Å²) in [5.41, 5.74) is 6.02. The van der Waals surface area contributed by atoms with Crippen molar-refractivity contribution in [2.24, 2.45) is 17.6 Å². The van der Waals surface area contributed by atoms with Gasteiger partial charge in [-0.25, -0.2) is 0 Å². The molecule has 1 aliphatic carbocycles. The number of nitrogens with two attached hydrogens (primary N) is 1. The van der Waals surface area contributed by atoms with Crippen LogP contribution in [0.3, 0.4) is 0 Å². The molecule has 1 saturated carbocycles. The Labute approximate surface area is 116 Å². The molecule has 1 aliphatic heterocycles. The van der Waals surface area contributed by atoms with Crippen molar-refractivity contribution < 1.29 is 4.42 Å². The summed E-state index contributed by atoms with van der Waals surface area (Å²) >= 11 is 0. The summed E-state index contributed by atoms with van der Waals surface area (Å²) in [6.45, 7) is 8.70. The summed E-state index contributed by atoms with van der Waals surface area (Å²) in [6.07, 6.45) is 2.54. The lowest BCUT2D eigenvalue weighted by Gasteiger charge is -2.29. The van der Waals surface area contributed by atoms with E-state index in [1.54, 1.807) is 0 Å². The first-order valence-electron chi connectivity index (χ1n) is 7.65. The van der Waals surface area contributed by atoms with Gasteiger partial charge in [-0.3, -0.25) is 4.90 Å². The summed E-state index contributed by atoms with van der Waals surface area (Å²) in [4.78, 5) is 2.52. The third-order valence-electron chi connectivity index (χ3n) is 4.91. The Hall–Kier alpha value is -0.800. The first-order valence-corrected chi connectivity index (χ1v) is 7.65. The highest BCUT2D eigenvalue weighted by Gasteiger charge is 2.38. The maximum atomic E-state index is 6.11. The molecule has 3 rings (SSSR count). The van der Waals surface area contributed by atoms with Crippen LogP contribution in [0.2, 0.25) is 0 Å². The topological polar surface area (TPSA) is 42.4 Å². The van der Waals surface area contributed by atoms with Crippen LogP contribution in [0.4, 0.5) is 0 Å². The predicted molar refractivity (Wildman–Crippen MR) is 77.0 cm³/mol. The van der Waals surface area contributed by atoms with Gasteiger partial charge in [0.05, 0.1) is 6.04 Å². The van der Waals surface area contributed by atoms with Crippen molar-refractivity contribution in [3.05, 3.63) is 23.7 Å². The fourth-order valence-electron chi connectivity index (χ4n) is 3.65. The first kappa shape index (κ1) is 13.2. The van der Waals surface area contributed by atoms with Gasteiger partial charge in [-0.1, -0.05) is 13.8 Å². The first-order chi connectivity index (χ1) is 9.10. The Kier molecular flexibility index (Phi) is 3.44. The van der Waals surface area contributed by atoms with E-state index in [1.807, 2.05) is 0 Å². The number of nitrogens with zero attached hydrogens (tertiary/aromatic N) is 1. The van der Waals surface area contributed by atoms with Gasteiger partial charge in [0.1, 0.15) is 11.5 Å². The monoisotopic (exact) mass is 262 g/mol. The molecule has 3 nitrogen and oxygen atoms in total. The summed E-state index contributed by atoms with van der Waals surface area (Å²) in [5.74, 6) is 4.45. The van der Waals surface area contributed by atoms with E-state index in [0.717, 1.165) is 24.1 Å². The van der Waals surface area contributed by atoms with Crippen LogP contribution < -0.4 is 5.73 Å². The van der Waals surface area contributed by atoms with Gasteiger partial charge in [-0.2, -0.15) is 0 Å². The Morgan fingerprint density at radius 3 is 2.58 bits per heavy atom. The van der Waals surface area contributed by atoms with Crippen molar-refractivity contribution >= 4 is 0 Å². The molecule has 0 amide bonds. The largest absolute Gasteiger partial charge is 0.464 e. The molecule has 19 heavy (non-hydrogen) atoms. The summed E-state index contributed by atoms with van der Waals surface area (Å²) in [5, 5.41) is 0. The second-order valence-corrected chi connectivity index (χ2v) is 6.70. The zero-order chi connectivity index (χ0) is 13.6. The molecule has 1 saturated heterocycles. The Bertz CT molecular complexity index is 442. The van der Waals surface area contributed by atoms with Crippen molar-refractivity contribution in [1.82, 2.24) is 4.90 Å². The number of likely N-dealkylation sites (tertiary alicyclic amines) is 1. The zero-order valence-corrected chi connectivity index (χ0v) is 12.3.